The number of hydrogen-bond acceptors (Lipinski definition) is 5. The van der Waals surface area contributed by atoms with E-state index in [4.69, 9.17) is 0 Å². The zero-order valence-electron chi connectivity index (χ0n) is 12.0. The van der Waals surface area contributed by atoms with Crippen LogP contribution in [0.5, 0.6) is 0 Å². The van der Waals surface area contributed by atoms with Crippen LogP contribution in [0.1, 0.15) is 31.0 Å². The lowest BCUT2D eigenvalue weighted by Crippen LogP contribution is -2.34. The molecule has 1 aliphatic rings. The number of carbonyl (C=O) groups excluding carboxylic acids is 1. The van der Waals surface area contributed by atoms with Crippen LogP contribution in [0.4, 0.5) is 10.7 Å². The highest BCUT2D eigenvalue weighted by Gasteiger charge is 2.25. The van der Waals surface area contributed by atoms with E-state index < -0.39 is 0 Å². The molecule has 1 aromatic heterocycles. The Morgan fingerprint density at radius 2 is 2.19 bits per heavy atom. The summed E-state index contributed by atoms with van der Waals surface area (Å²) >= 11 is 1.35. The van der Waals surface area contributed by atoms with E-state index in [9.17, 15) is 4.79 Å². The number of nitrogens with one attached hydrogen (secondary N) is 1. The maximum atomic E-state index is 12.3. The Morgan fingerprint density at radius 1 is 1.33 bits per heavy atom. The fourth-order valence-corrected chi connectivity index (χ4v) is 3.10. The van der Waals surface area contributed by atoms with Gasteiger partial charge in [0.25, 0.3) is 0 Å². The average Bonchev–Trinajstić information content (AvgIpc) is 2.95. The topological polar surface area (TPSA) is 58.1 Å². The zero-order chi connectivity index (χ0) is 14.7. The first-order valence-corrected chi connectivity index (χ1v) is 8.00. The van der Waals surface area contributed by atoms with Gasteiger partial charge in [0.15, 0.2) is 0 Å². The van der Waals surface area contributed by atoms with Crippen LogP contribution < -0.4 is 10.2 Å². The fraction of sp³-hybridized carbons (Fsp3) is 0.400. The zero-order valence-corrected chi connectivity index (χ0v) is 12.8. The summed E-state index contributed by atoms with van der Waals surface area (Å²) in [6, 6.07) is 8.08. The number of aromatic nitrogens is 2. The van der Waals surface area contributed by atoms with Crippen molar-refractivity contribution in [1.82, 2.24) is 9.59 Å². The summed E-state index contributed by atoms with van der Waals surface area (Å²) in [5, 5.41) is 8.48. The van der Waals surface area contributed by atoms with Crippen LogP contribution in [0.25, 0.3) is 0 Å². The summed E-state index contributed by atoms with van der Waals surface area (Å²) in [7, 11) is 0. The van der Waals surface area contributed by atoms with Crippen molar-refractivity contribution < 1.29 is 4.79 Å². The monoisotopic (exact) mass is 302 g/mol. The Balaban J connectivity index is 1.84. The molecule has 1 N–H and O–H groups in total. The maximum absolute atomic E-state index is 12.3. The molecule has 0 unspecified atom stereocenters. The Kier molecular flexibility index (Phi) is 4.15. The third-order valence-corrected chi connectivity index (χ3v) is 4.32. The smallest absolute Gasteiger partial charge is 0.227 e. The van der Waals surface area contributed by atoms with Crippen molar-refractivity contribution in [1.29, 1.82) is 0 Å². The van der Waals surface area contributed by atoms with Crippen molar-refractivity contribution in [2.24, 2.45) is 0 Å². The largest absolute Gasteiger partial charge is 0.374 e. The number of para-hydroxylation sites is 1. The molecule has 1 aromatic carbocycles. The van der Waals surface area contributed by atoms with E-state index in [0.29, 0.717) is 13.0 Å². The molecule has 0 atom stereocenters. The molecular formula is C15H18N4OS. The van der Waals surface area contributed by atoms with Crippen molar-refractivity contribution >= 4 is 28.1 Å². The van der Waals surface area contributed by atoms with Gasteiger partial charge in [0.05, 0.1) is 6.54 Å². The summed E-state index contributed by atoms with van der Waals surface area (Å²) < 4.78 is 4.01. The molecule has 110 valence electrons. The number of aryl methyl sites for hydroxylation is 1. The fourth-order valence-electron chi connectivity index (χ4n) is 2.50. The van der Waals surface area contributed by atoms with E-state index in [-0.39, 0.29) is 5.91 Å². The van der Waals surface area contributed by atoms with Gasteiger partial charge in [0, 0.05) is 30.2 Å². The summed E-state index contributed by atoms with van der Waals surface area (Å²) in [4.78, 5) is 14.1. The lowest BCUT2D eigenvalue weighted by atomic mass is 10.0. The van der Waals surface area contributed by atoms with Crippen LogP contribution >= 0.6 is 11.5 Å². The Morgan fingerprint density at radius 3 is 3.05 bits per heavy atom. The number of carbonyl (C=O) groups is 1. The third-order valence-electron chi connectivity index (χ3n) is 3.59. The number of hydrogen-bond donors (Lipinski definition) is 1. The van der Waals surface area contributed by atoms with Gasteiger partial charge in [-0.2, -0.15) is 0 Å². The van der Waals surface area contributed by atoms with E-state index in [1.165, 1.54) is 17.1 Å². The van der Waals surface area contributed by atoms with E-state index in [1.807, 2.05) is 23.1 Å². The van der Waals surface area contributed by atoms with Crippen LogP contribution in [0.15, 0.2) is 24.3 Å². The summed E-state index contributed by atoms with van der Waals surface area (Å²) in [5.74, 6) is 0.156. The molecule has 6 heteroatoms. The Bertz CT molecular complexity index is 640. The van der Waals surface area contributed by atoms with Gasteiger partial charge in [-0.3, -0.25) is 4.79 Å². The Labute approximate surface area is 128 Å². The van der Waals surface area contributed by atoms with Crippen molar-refractivity contribution in [3.8, 4) is 0 Å². The molecule has 3 rings (SSSR count). The predicted molar refractivity (Wildman–Crippen MR) is 84.6 cm³/mol. The van der Waals surface area contributed by atoms with Gasteiger partial charge >= 0.3 is 0 Å². The maximum Gasteiger partial charge on any atom is 0.227 e. The standard InChI is InChI=1S/C15H18N4OS/c1-2-9-16-15-12(17-18-21-15)10-19-13-6-4-3-5-11(13)7-8-14(19)20/h3-6,16H,2,7-10H2,1H3. The van der Waals surface area contributed by atoms with E-state index in [0.717, 1.165) is 35.8 Å². The van der Waals surface area contributed by atoms with Crippen LogP contribution in [-0.4, -0.2) is 22.0 Å². The second-order valence-electron chi connectivity index (χ2n) is 5.08. The average molecular weight is 302 g/mol. The molecule has 0 spiro atoms. The lowest BCUT2D eigenvalue weighted by Gasteiger charge is -2.28. The molecule has 2 heterocycles. The minimum absolute atomic E-state index is 0.156. The van der Waals surface area contributed by atoms with Crippen LogP contribution in [-0.2, 0) is 17.8 Å². The lowest BCUT2D eigenvalue weighted by molar-refractivity contribution is -0.119. The number of rotatable bonds is 5. The minimum atomic E-state index is 0.156. The quantitative estimate of drug-likeness (QED) is 0.922. The van der Waals surface area contributed by atoms with Gasteiger partial charge in [-0.05, 0) is 24.5 Å². The number of benzene rings is 1. The van der Waals surface area contributed by atoms with E-state index >= 15 is 0 Å². The summed E-state index contributed by atoms with van der Waals surface area (Å²) in [6.45, 7) is 3.49. The van der Waals surface area contributed by atoms with Crippen LogP contribution in [0.2, 0.25) is 0 Å². The van der Waals surface area contributed by atoms with Gasteiger partial charge < -0.3 is 10.2 Å². The van der Waals surface area contributed by atoms with Crippen molar-refractivity contribution in [2.45, 2.75) is 32.7 Å². The van der Waals surface area contributed by atoms with Crippen molar-refractivity contribution in [3.05, 3.63) is 35.5 Å². The normalized spacial score (nSPS) is 14.1. The number of nitrogens with zero attached hydrogens (tertiary/aromatic N) is 3. The van der Waals surface area contributed by atoms with Gasteiger partial charge in [-0.15, -0.1) is 5.10 Å². The molecule has 1 amide bonds. The highest BCUT2D eigenvalue weighted by Crippen LogP contribution is 2.30. The SMILES string of the molecule is CCCNc1snnc1CN1C(=O)CCc2ccccc21. The molecule has 0 saturated carbocycles. The molecule has 0 saturated heterocycles. The molecule has 5 nitrogen and oxygen atoms in total. The molecule has 2 aromatic rings. The van der Waals surface area contributed by atoms with Gasteiger partial charge in [0.2, 0.25) is 5.91 Å². The first kappa shape index (κ1) is 14.0. The first-order valence-electron chi connectivity index (χ1n) is 7.23. The van der Waals surface area contributed by atoms with Gasteiger partial charge in [-0.25, -0.2) is 0 Å². The number of anilines is 2. The van der Waals surface area contributed by atoms with Crippen LogP contribution in [0.3, 0.4) is 0 Å². The molecule has 1 aliphatic heterocycles. The second-order valence-corrected chi connectivity index (χ2v) is 5.84. The Hall–Kier alpha value is -1.95. The van der Waals surface area contributed by atoms with E-state index in [2.05, 4.69) is 27.9 Å². The van der Waals surface area contributed by atoms with Crippen LogP contribution in [0, 0.1) is 0 Å². The van der Waals surface area contributed by atoms with Gasteiger partial charge in [0.1, 0.15) is 10.7 Å². The highest BCUT2D eigenvalue weighted by molar-refractivity contribution is 7.10. The molecule has 0 bridgehead atoms. The molecule has 0 fully saturated rings. The van der Waals surface area contributed by atoms with Gasteiger partial charge in [-0.1, -0.05) is 29.6 Å². The molecule has 0 aliphatic carbocycles. The van der Waals surface area contributed by atoms with E-state index in [1.54, 1.807) is 0 Å². The highest BCUT2D eigenvalue weighted by atomic mass is 32.1. The predicted octanol–water partition coefficient (Wildman–Crippen LogP) is 2.84. The second kappa shape index (κ2) is 6.22. The summed E-state index contributed by atoms with van der Waals surface area (Å²) in [6.07, 6.45) is 2.43. The number of amides is 1. The number of fused-ring (bicyclic) bond motifs is 1. The minimum Gasteiger partial charge on any atom is -0.374 e. The van der Waals surface area contributed by atoms with Crippen molar-refractivity contribution in [2.75, 3.05) is 16.8 Å². The first-order chi connectivity index (χ1) is 10.3. The molecule has 21 heavy (non-hydrogen) atoms. The third kappa shape index (κ3) is 2.90. The molecular weight excluding hydrogens is 284 g/mol. The van der Waals surface area contributed by atoms with Crippen molar-refractivity contribution in [3.63, 3.8) is 0 Å². The molecule has 0 radical (unpaired) electrons. The summed E-state index contributed by atoms with van der Waals surface area (Å²) in [5.41, 5.74) is 3.07.